The Hall–Kier alpha value is -1.92. The molecule has 22 heavy (non-hydrogen) atoms. The predicted molar refractivity (Wildman–Crippen MR) is 80.5 cm³/mol. The molecule has 116 valence electrons. The molecule has 1 aliphatic heterocycles. The Morgan fingerprint density at radius 2 is 2.05 bits per heavy atom. The second-order valence-corrected chi connectivity index (χ2v) is 5.39. The summed E-state index contributed by atoms with van der Waals surface area (Å²) >= 11 is 6.10. The lowest BCUT2D eigenvalue weighted by atomic mass is 10.2. The zero-order valence-corrected chi connectivity index (χ0v) is 12.8. The Morgan fingerprint density at radius 3 is 2.82 bits per heavy atom. The molecular formula is C15H16ClN3O3. The number of hydrogen-bond donors (Lipinski definition) is 0. The lowest BCUT2D eigenvalue weighted by molar-refractivity contribution is -0.135. The molecule has 0 bridgehead atoms. The number of carbonyl (C=O) groups excluding carboxylic acids is 1. The normalized spacial score (nSPS) is 15.0. The van der Waals surface area contributed by atoms with Crippen LogP contribution >= 0.6 is 11.6 Å². The molecule has 0 spiro atoms. The molecule has 6 nitrogen and oxygen atoms in total. The average Bonchev–Trinajstić information content (AvgIpc) is 3.02. The Labute approximate surface area is 133 Å². The highest BCUT2D eigenvalue weighted by Crippen LogP contribution is 2.25. The highest BCUT2D eigenvalue weighted by Gasteiger charge is 2.18. The minimum Gasteiger partial charge on any atom is -0.378 e. The number of carbonyl (C=O) groups is 1. The van der Waals surface area contributed by atoms with Crippen LogP contribution in [0.25, 0.3) is 11.4 Å². The van der Waals surface area contributed by atoms with Crippen LogP contribution in [0.5, 0.6) is 0 Å². The number of benzene rings is 1. The van der Waals surface area contributed by atoms with Gasteiger partial charge in [-0.25, -0.2) is 0 Å². The molecule has 2 aromatic rings. The van der Waals surface area contributed by atoms with Crippen LogP contribution in [-0.4, -0.2) is 47.3 Å². The Balaban J connectivity index is 1.60. The smallest absolute Gasteiger partial charge is 0.227 e. The number of amides is 1. The van der Waals surface area contributed by atoms with Crippen molar-refractivity contribution < 1.29 is 14.1 Å². The first-order valence-corrected chi connectivity index (χ1v) is 7.55. The van der Waals surface area contributed by atoms with E-state index < -0.39 is 0 Å². The van der Waals surface area contributed by atoms with Crippen molar-refractivity contribution in [3.05, 3.63) is 35.2 Å². The SMILES string of the molecule is O=C(CCc1nc(-c2ccccc2Cl)no1)N1CCOCC1. The molecule has 1 fully saturated rings. The number of halogens is 1. The molecule has 7 heteroatoms. The van der Waals surface area contributed by atoms with Crippen molar-refractivity contribution in [1.29, 1.82) is 0 Å². The van der Waals surface area contributed by atoms with Gasteiger partial charge in [0, 0.05) is 31.5 Å². The summed E-state index contributed by atoms with van der Waals surface area (Å²) in [5, 5.41) is 4.49. The molecule has 0 radical (unpaired) electrons. The maximum Gasteiger partial charge on any atom is 0.227 e. The van der Waals surface area contributed by atoms with Crippen LogP contribution in [0.3, 0.4) is 0 Å². The summed E-state index contributed by atoms with van der Waals surface area (Å²) in [7, 11) is 0. The van der Waals surface area contributed by atoms with E-state index in [1.807, 2.05) is 18.2 Å². The maximum atomic E-state index is 12.1. The summed E-state index contributed by atoms with van der Waals surface area (Å²) in [6.07, 6.45) is 0.776. The van der Waals surface area contributed by atoms with Crippen molar-refractivity contribution in [1.82, 2.24) is 15.0 Å². The number of ether oxygens (including phenoxy) is 1. The highest BCUT2D eigenvalue weighted by atomic mass is 35.5. The third-order valence-electron chi connectivity index (χ3n) is 3.50. The van der Waals surface area contributed by atoms with E-state index in [-0.39, 0.29) is 5.91 Å². The van der Waals surface area contributed by atoms with Crippen molar-refractivity contribution in [3.63, 3.8) is 0 Å². The van der Waals surface area contributed by atoms with Gasteiger partial charge in [-0.3, -0.25) is 4.79 Å². The number of rotatable bonds is 4. The first-order valence-electron chi connectivity index (χ1n) is 7.17. The maximum absolute atomic E-state index is 12.1. The molecule has 1 aliphatic rings. The van der Waals surface area contributed by atoms with Crippen LogP contribution in [0.1, 0.15) is 12.3 Å². The molecule has 1 aromatic carbocycles. The molecule has 1 aromatic heterocycles. The zero-order valence-electron chi connectivity index (χ0n) is 12.0. The van der Waals surface area contributed by atoms with Gasteiger partial charge >= 0.3 is 0 Å². The van der Waals surface area contributed by atoms with Gasteiger partial charge in [0.25, 0.3) is 0 Å². The van der Waals surface area contributed by atoms with E-state index in [2.05, 4.69) is 10.1 Å². The fourth-order valence-corrected chi connectivity index (χ4v) is 2.51. The fraction of sp³-hybridized carbons (Fsp3) is 0.400. The van der Waals surface area contributed by atoms with E-state index in [0.29, 0.717) is 55.9 Å². The fourth-order valence-electron chi connectivity index (χ4n) is 2.29. The summed E-state index contributed by atoms with van der Waals surface area (Å²) in [5.74, 6) is 0.969. The van der Waals surface area contributed by atoms with Crippen molar-refractivity contribution in [2.45, 2.75) is 12.8 Å². The van der Waals surface area contributed by atoms with Gasteiger partial charge in [0.15, 0.2) is 0 Å². The minimum absolute atomic E-state index is 0.0841. The lowest BCUT2D eigenvalue weighted by Crippen LogP contribution is -2.40. The van der Waals surface area contributed by atoms with Crippen molar-refractivity contribution in [2.75, 3.05) is 26.3 Å². The Kier molecular flexibility index (Phi) is 4.70. The summed E-state index contributed by atoms with van der Waals surface area (Å²) < 4.78 is 10.4. The van der Waals surface area contributed by atoms with Crippen molar-refractivity contribution in [3.8, 4) is 11.4 Å². The van der Waals surface area contributed by atoms with E-state index in [1.165, 1.54) is 0 Å². The Morgan fingerprint density at radius 1 is 1.27 bits per heavy atom. The van der Waals surface area contributed by atoms with Gasteiger partial charge in [0.1, 0.15) is 0 Å². The van der Waals surface area contributed by atoms with Gasteiger partial charge in [-0.2, -0.15) is 4.98 Å². The van der Waals surface area contributed by atoms with Crippen LogP contribution < -0.4 is 0 Å². The molecule has 2 heterocycles. The quantitative estimate of drug-likeness (QED) is 0.863. The molecule has 0 aliphatic carbocycles. The van der Waals surface area contributed by atoms with Gasteiger partial charge < -0.3 is 14.2 Å². The number of hydrogen-bond acceptors (Lipinski definition) is 5. The number of aryl methyl sites for hydroxylation is 1. The minimum atomic E-state index is 0.0841. The van der Waals surface area contributed by atoms with Crippen LogP contribution in [-0.2, 0) is 16.0 Å². The molecule has 0 N–H and O–H groups in total. The van der Waals surface area contributed by atoms with E-state index in [1.54, 1.807) is 11.0 Å². The van der Waals surface area contributed by atoms with Crippen LogP contribution in [0, 0.1) is 0 Å². The molecule has 0 unspecified atom stereocenters. The molecule has 3 rings (SSSR count). The summed E-state index contributed by atoms with van der Waals surface area (Å²) in [4.78, 5) is 18.2. The number of aromatic nitrogens is 2. The predicted octanol–water partition coefficient (Wildman–Crippen LogP) is 2.18. The Bertz CT molecular complexity index is 653. The van der Waals surface area contributed by atoms with Gasteiger partial charge in [0.2, 0.25) is 17.6 Å². The van der Waals surface area contributed by atoms with Gasteiger partial charge in [-0.1, -0.05) is 28.9 Å². The topological polar surface area (TPSA) is 68.5 Å². The van der Waals surface area contributed by atoms with Gasteiger partial charge in [-0.05, 0) is 12.1 Å². The second-order valence-electron chi connectivity index (χ2n) is 4.98. The highest BCUT2D eigenvalue weighted by molar-refractivity contribution is 6.33. The molecule has 1 saturated heterocycles. The van der Waals surface area contributed by atoms with Crippen LogP contribution in [0.15, 0.2) is 28.8 Å². The second kappa shape index (κ2) is 6.89. The zero-order chi connectivity index (χ0) is 15.4. The standard InChI is InChI=1S/C15H16ClN3O3/c16-12-4-2-1-3-11(12)15-17-13(22-18-15)5-6-14(20)19-7-9-21-10-8-19/h1-4H,5-10H2. The van der Waals surface area contributed by atoms with E-state index in [0.717, 1.165) is 5.56 Å². The van der Waals surface area contributed by atoms with Crippen LogP contribution in [0.2, 0.25) is 5.02 Å². The van der Waals surface area contributed by atoms with Crippen molar-refractivity contribution in [2.24, 2.45) is 0 Å². The lowest BCUT2D eigenvalue weighted by Gasteiger charge is -2.26. The molecular weight excluding hydrogens is 306 g/mol. The third kappa shape index (κ3) is 3.45. The number of morpholine rings is 1. The third-order valence-corrected chi connectivity index (χ3v) is 3.83. The summed E-state index contributed by atoms with van der Waals surface area (Å²) in [6.45, 7) is 2.49. The molecule has 0 atom stereocenters. The largest absolute Gasteiger partial charge is 0.378 e. The molecule has 0 saturated carbocycles. The summed E-state index contributed by atoms with van der Waals surface area (Å²) in [6, 6.07) is 7.30. The molecule has 1 amide bonds. The van der Waals surface area contributed by atoms with E-state index >= 15 is 0 Å². The van der Waals surface area contributed by atoms with E-state index in [4.69, 9.17) is 20.9 Å². The monoisotopic (exact) mass is 321 g/mol. The van der Waals surface area contributed by atoms with Gasteiger partial charge in [0.05, 0.1) is 18.2 Å². The average molecular weight is 322 g/mol. The van der Waals surface area contributed by atoms with E-state index in [9.17, 15) is 4.79 Å². The summed E-state index contributed by atoms with van der Waals surface area (Å²) in [5.41, 5.74) is 0.721. The first-order chi connectivity index (χ1) is 10.7. The number of nitrogens with zero attached hydrogens (tertiary/aromatic N) is 3. The first kappa shape index (κ1) is 15.0. The van der Waals surface area contributed by atoms with Crippen LogP contribution in [0.4, 0.5) is 0 Å². The van der Waals surface area contributed by atoms with Crippen molar-refractivity contribution >= 4 is 17.5 Å². The van der Waals surface area contributed by atoms with Gasteiger partial charge in [-0.15, -0.1) is 0 Å².